The Hall–Kier alpha value is -3.21. The molecule has 1 atom stereocenters. The summed E-state index contributed by atoms with van der Waals surface area (Å²) in [6.45, 7) is 5.66. The van der Waals surface area contributed by atoms with Crippen LogP contribution in [0.25, 0.3) is 0 Å². The number of carbonyl (C=O) groups excluding carboxylic acids is 1. The maximum Gasteiger partial charge on any atom is 0.277 e. The quantitative estimate of drug-likeness (QED) is 0.672. The molecule has 0 aliphatic carbocycles. The van der Waals surface area contributed by atoms with Crippen molar-refractivity contribution in [3.8, 4) is 0 Å². The third-order valence-electron chi connectivity index (χ3n) is 5.90. The van der Waals surface area contributed by atoms with Gasteiger partial charge in [-0.15, -0.1) is 0 Å². The molecule has 0 N–H and O–H groups in total. The fraction of sp³-hybridized carbons (Fsp3) is 0.292. The zero-order valence-corrected chi connectivity index (χ0v) is 16.8. The molecule has 1 unspecified atom stereocenters. The maximum absolute atomic E-state index is 13.4. The molecule has 0 fully saturated rings. The van der Waals surface area contributed by atoms with Crippen LogP contribution in [0.2, 0.25) is 0 Å². The number of carbonyl (C=O) groups is 1. The molecule has 1 amide bonds. The Morgan fingerprint density at radius 1 is 1.00 bits per heavy atom. The molecule has 5 rings (SSSR count). The molecule has 3 heterocycles. The topological polar surface area (TPSA) is 49.3 Å². The third-order valence-corrected chi connectivity index (χ3v) is 5.90. The molecule has 2 aliphatic heterocycles. The van der Waals surface area contributed by atoms with Gasteiger partial charge in [0, 0.05) is 30.5 Å². The number of hydrogen-bond acceptors (Lipinski definition) is 4. The van der Waals surface area contributed by atoms with Crippen molar-refractivity contribution in [3.63, 3.8) is 0 Å². The van der Waals surface area contributed by atoms with Crippen molar-refractivity contribution in [2.24, 2.45) is 0 Å². The van der Waals surface area contributed by atoms with Crippen LogP contribution in [0.1, 0.15) is 39.8 Å². The van der Waals surface area contributed by atoms with E-state index in [9.17, 15) is 4.79 Å². The third kappa shape index (κ3) is 3.16. The Morgan fingerprint density at radius 3 is 2.55 bits per heavy atom. The number of amides is 1. The van der Waals surface area contributed by atoms with Gasteiger partial charge in [-0.05, 0) is 55.5 Å². The molecule has 146 valence electrons. The molecule has 3 aromatic rings. The highest BCUT2D eigenvalue weighted by atomic mass is 16.2. The second kappa shape index (κ2) is 6.99. The summed E-state index contributed by atoms with van der Waals surface area (Å²) < 4.78 is 0. The normalized spacial score (nSPS) is 17.8. The van der Waals surface area contributed by atoms with Crippen LogP contribution < -0.4 is 9.80 Å². The Labute approximate surface area is 171 Å². The zero-order valence-electron chi connectivity index (χ0n) is 16.8. The van der Waals surface area contributed by atoms with E-state index in [1.54, 1.807) is 6.07 Å². The van der Waals surface area contributed by atoms with Crippen LogP contribution in [-0.2, 0) is 19.4 Å². The minimum atomic E-state index is -0.0494. The van der Waals surface area contributed by atoms with Crippen LogP contribution in [-0.4, -0.2) is 28.5 Å². The van der Waals surface area contributed by atoms with E-state index in [4.69, 9.17) is 4.98 Å². The summed E-state index contributed by atoms with van der Waals surface area (Å²) >= 11 is 0. The predicted molar refractivity (Wildman–Crippen MR) is 114 cm³/mol. The van der Waals surface area contributed by atoms with Crippen LogP contribution >= 0.6 is 0 Å². The molecule has 0 spiro atoms. The van der Waals surface area contributed by atoms with Crippen molar-refractivity contribution >= 4 is 17.5 Å². The number of benzene rings is 2. The van der Waals surface area contributed by atoms with E-state index in [0.29, 0.717) is 11.6 Å². The highest BCUT2D eigenvalue weighted by Crippen LogP contribution is 2.33. The molecular weight excluding hydrogens is 360 g/mol. The molecule has 29 heavy (non-hydrogen) atoms. The first-order valence-corrected chi connectivity index (χ1v) is 10.2. The fourth-order valence-electron chi connectivity index (χ4n) is 4.47. The first-order chi connectivity index (χ1) is 14.1. The minimum Gasteiger partial charge on any atom is -0.336 e. The Kier molecular flexibility index (Phi) is 4.31. The van der Waals surface area contributed by atoms with Crippen molar-refractivity contribution < 1.29 is 4.79 Å². The van der Waals surface area contributed by atoms with Gasteiger partial charge in [-0.2, -0.15) is 0 Å². The summed E-state index contributed by atoms with van der Waals surface area (Å²) in [6, 6.07) is 18.6. The molecule has 5 nitrogen and oxygen atoms in total. The van der Waals surface area contributed by atoms with Crippen LogP contribution in [0.15, 0.2) is 54.6 Å². The van der Waals surface area contributed by atoms with Crippen molar-refractivity contribution in [1.29, 1.82) is 0 Å². The Morgan fingerprint density at radius 2 is 1.72 bits per heavy atom. The molecule has 2 aliphatic rings. The van der Waals surface area contributed by atoms with E-state index in [1.165, 1.54) is 16.7 Å². The van der Waals surface area contributed by atoms with Gasteiger partial charge in [0.1, 0.15) is 5.69 Å². The average molecular weight is 384 g/mol. The molecule has 0 saturated carbocycles. The lowest BCUT2D eigenvalue weighted by molar-refractivity contribution is 0.0976. The molecule has 5 heteroatoms. The molecule has 0 saturated heterocycles. The van der Waals surface area contributed by atoms with Crippen LogP contribution in [0.5, 0.6) is 0 Å². The summed E-state index contributed by atoms with van der Waals surface area (Å²) in [6.07, 6.45) is 1.84. The lowest BCUT2D eigenvalue weighted by Gasteiger charge is -2.29. The van der Waals surface area contributed by atoms with E-state index in [0.717, 1.165) is 37.3 Å². The molecule has 2 aromatic carbocycles. The van der Waals surface area contributed by atoms with Crippen molar-refractivity contribution in [3.05, 3.63) is 82.7 Å². The van der Waals surface area contributed by atoms with E-state index >= 15 is 0 Å². The van der Waals surface area contributed by atoms with Gasteiger partial charge in [0.2, 0.25) is 5.95 Å². The second-order valence-electron chi connectivity index (χ2n) is 7.99. The van der Waals surface area contributed by atoms with Gasteiger partial charge in [0.05, 0.1) is 0 Å². The number of anilines is 2. The van der Waals surface area contributed by atoms with Crippen molar-refractivity contribution in [2.75, 3.05) is 16.3 Å². The first-order valence-electron chi connectivity index (χ1n) is 10.2. The van der Waals surface area contributed by atoms with E-state index < -0.39 is 0 Å². The Bertz CT molecular complexity index is 1090. The van der Waals surface area contributed by atoms with Crippen LogP contribution in [0, 0.1) is 6.92 Å². The lowest BCUT2D eigenvalue weighted by atomic mass is 10.0. The molecule has 0 bridgehead atoms. The van der Waals surface area contributed by atoms with E-state index in [1.807, 2.05) is 30.0 Å². The molecule has 1 aromatic heterocycles. The van der Waals surface area contributed by atoms with Gasteiger partial charge in [0.15, 0.2) is 0 Å². The largest absolute Gasteiger partial charge is 0.336 e. The van der Waals surface area contributed by atoms with Crippen LogP contribution in [0.4, 0.5) is 11.6 Å². The minimum absolute atomic E-state index is 0.0494. The number of hydrogen-bond donors (Lipinski definition) is 0. The number of nitrogens with zero attached hydrogens (tertiary/aromatic N) is 4. The fourth-order valence-corrected chi connectivity index (χ4v) is 4.47. The summed E-state index contributed by atoms with van der Waals surface area (Å²) in [7, 11) is 0. The SMILES string of the molecule is Cc1cc(C(=O)N2c3ccccc3CC2C)nc(N2CCc3ccccc3C2)n1. The van der Waals surface area contributed by atoms with Gasteiger partial charge in [0.25, 0.3) is 5.91 Å². The highest BCUT2D eigenvalue weighted by molar-refractivity contribution is 6.06. The monoisotopic (exact) mass is 384 g/mol. The van der Waals surface area contributed by atoms with Crippen LogP contribution in [0.3, 0.4) is 0 Å². The summed E-state index contributed by atoms with van der Waals surface area (Å²) in [5, 5.41) is 0. The highest BCUT2D eigenvalue weighted by Gasteiger charge is 2.32. The van der Waals surface area contributed by atoms with E-state index in [-0.39, 0.29) is 11.9 Å². The smallest absolute Gasteiger partial charge is 0.277 e. The summed E-state index contributed by atoms with van der Waals surface area (Å²) in [5.41, 5.74) is 6.18. The number of aryl methyl sites for hydroxylation is 1. The van der Waals surface area contributed by atoms with Gasteiger partial charge in [-0.1, -0.05) is 42.5 Å². The second-order valence-corrected chi connectivity index (χ2v) is 7.99. The summed E-state index contributed by atoms with van der Waals surface area (Å²) in [5.74, 6) is 0.592. The van der Waals surface area contributed by atoms with Gasteiger partial charge < -0.3 is 9.80 Å². The standard InChI is InChI=1S/C24H24N4O/c1-16-13-21(23(29)28-17(2)14-19-8-5-6-10-22(19)28)26-24(25-16)27-12-11-18-7-3-4-9-20(18)15-27/h3-10,13,17H,11-12,14-15H2,1-2H3. The number of para-hydroxylation sites is 1. The molecular formula is C24H24N4O. The number of aromatic nitrogens is 2. The molecule has 0 radical (unpaired) electrons. The van der Waals surface area contributed by atoms with Gasteiger partial charge in [-0.25, -0.2) is 9.97 Å². The maximum atomic E-state index is 13.4. The Balaban J connectivity index is 1.47. The number of rotatable bonds is 2. The van der Waals surface area contributed by atoms with E-state index in [2.05, 4.69) is 47.1 Å². The first kappa shape index (κ1) is 17.9. The van der Waals surface area contributed by atoms with Crippen molar-refractivity contribution in [1.82, 2.24) is 9.97 Å². The van der Waals surface area contributed by atoms with Gasteiger partial charge in [-0.3, -0.25) is 4.79 Å². The van der Waals surface area contributed by atoms with Gasteiger partial charge >= 0.3 is 0 Å². The lowest BCUT2D eigenvalue weighted by Crippen LogP contribution is -2.37. The zero-order chi connectivity index (χ0) is 20.0. The summed E-state index contributed by atoms with van der Waals surface area (Å²) in [4.78, 5) is 26.8. The van der Waals surface area contributed by atoms with Crippen molar-refractivity contribution in [2.45, 2.75) is 39.3 Å². The average Bonchev–Trinajstić information content (AvgIpc) is 3.08. The number of fused-ring (bicyclic) bond motifs is 2. The predicted octanol–water partition coefficient (Wildman–Crippen LogP) is 3.94.